The van der Waals surface area contributed by atoms with E-state index in [9.17, 15) is 4.79 Å². The monoisotopic (exact) mass is 389 g/mol. The first-order chi connectivity index (χ1) is 11.3. The van der Waals surface area contributed by atoms with Crippen LogP contribution in [-0.2, 0) is 4.74 Å². The second kappa shape index (κ2) is 6.90. The fraction of sp³-hybridized carbons (Fsp3) is 0.438. The molecule has 24 heavy (non-hydrogen) atoms. The van der Waals surface area contributed by atoms with Gasteiger partial charge in [-0.3, -0.25) is 0 Å². The second-order valence-electron chi connectivity index (χ2n) is 5.83. The molecule has 1 aliphatic heterocycles. The number of piperazine rings is 1. The van der Waals surface area contributed by atoms with Crippen molar-refractivity contribution >= 4 is 57.5 Å². The fourth-order valence-corrected chi connectivity index (χ4v) is 3.08. The van der Waals surface area contributed by atoms with Crippen LogP contribution in [-0.4, -0.2) is 52.6 Å². The highest BCUT2D eigenvalue weighted by Crippen LogP contribution is 2.29. The summed E-state index contributed by atoms with van der Waals surface area (Å²) in [5, 5.41) is 1.20. The van der Waals surface area contributed by atoms with Gasteiger partial charge in [0, 0.05) is 48.5 Å². The minimum absolute atomic E-state index is 0.251. The molecule has 2 aromatic rings. The Bertz CT molecular complexity index is 734. The summed E-state index contributed by atoms with van der Waals surface area (Å²) in [6, 6.07) is 8.35. The standard InChI is InChI=1S/C16H18Cl3N3O2/c1-11-9-12-13(20-11)3-2-4-14(12)21-5-7-22(8-6-21)15(23)24-10-16(17,18)19/h2-4,9,20H,5-8,10H2,1H3. The highest BCUT2D eigenvalue weighted by molar-refractivity contribution is 6.67. The predicted molar refractivity (Wildman–Crippen MR) is 98.5 cm³/mol. The lowest BCUT2D eigenvalue weighted by Gasteiger charge is -2.36. The number of hydrogen-bond donors (Lipinski definition) is 1. The van der Waals surface area contributed by atoms with Crippen molar-refractivity contribution in [3.05, 3.63) is 30.0 Å². The van der Waals surface area contributed by atoms with Crippen LogP contribution in [0.4, 0.5) is 10.5 Å². The van der Waals surface area contributed by atoms with Crippen molar-refractivity contribution in [2.45, 2.75) is 10.7 Å². The summed E-state index contributed by atoms with van der Waals surface area (Å²) in [6.07, 6.45) is -0.448. The van der Waals surface area contributed by atoms with Crippen LogP contribution in [0.25, 0.3) is 10.9 Å². The predicted octanol–water partition coefficient (Wildman–Crippen LogP) is 4.11. The lowest BCUT2D eigenvalue weighted by molar-refractivity contribution is 0.102. The SMILES string of the molecule is Cc1cc2c(N3CCN(C(=O)OCC(Cl)(Cl)Cl)CC3)cccc2[nH]1. The number of anilines is 1. The summed E-state index contributed by atoms with van der Waals surface area (Å²) in [5.41, 5.74) is 3.42. The van der Waals surface area contributed by atoms with Gasteiger partial charge >= 0.3 is 6.09 Å². The molecule has 8 heteroatoms. The van der Waals surface area contributed by atoms with E-state index in [2.05, 4.69) is 28.1 Å². The lowest BCUT2D eigenvalue weighted by atomic mass is 10.1. The van der Waals surface area contributed by atoms with Crippen LogP contribution in [0.2, 0.25) is 0 Å². The molecule has 0 radical (unpaired) electrons. The molecule has 0 bridgehead atoms. The summed E-state index contributed by atoms with van der Waals surface area (Å²) in [6.45, 7) is 4.39. The smallest absolute Gasteiger partial charge is 0.410 e. The summed E-state index contributed by atoms with van der Waals surface area (Å²) in [4.78, 5) is 19.3. The topological polar surface area (TPSA) is 48.6 Å². The molecule has 1 amide bonds. The first-order valence-corrected chi connectivity index (χ1v) is 8.78. The van der Waals surface area contributed by atoms with Crippen LogP contribution in [0.5, 0.6) is 0 Å². The van der Waals surface area contributed by atoms with Gasteiger partial charge in [-0.05, 0) is 25.1 Å². The molecule has 0 unspecified atom stereocenters. The highest BCUT2D eigenvalue weighted by Gasteiger charge is 2.27. The molecule has 5 nitrogen and oxygen atoms in total. The Hall–Kier alpha value is -1.30. The number of halogens is 3. The van der Waals surface area contributed by atoms with Gasteiger partial charge in [-0.15, -0.1) is 0 Å². The number of hydrogen-bond acceptors (Lipinski definition) is 3. The van der Waals surface area contributed by atoms with Crippen molar-refractivity contribution < 1.29 is 9.53 Å². The molecule has 0 spiro atoms. The van der Waals surface area contributed by atoms with Gasteiger partial charge in [-0.1, -0.05) is 40.9 Å². The Morgan fingerprint density at radius 2 is 1.96 bits per heavy atom. The number of H-pyrrole nitrogens is 1. The van der Waals surface area contributed by atoms with E-state index < -0.39 is 9.89 Å². The van der Waals surface area contributed by atoms with Gasteiger partial charge in [-0.2, -0.15) is 0 Å². The minimum atomic E-state index is -1.58. The number of nitrogens with zero attached hydrogens (tertiary/aromatic N) is 2. The number of carbonyl (C=O) groups excluding carboxylic acids is 1. The van der Waals surface area contributed by atoms with E-state index in [0.29, 0.717) is 13.1 Å². The Kier molecular flexibility index (Phi) is 5.04. The van der Waals surface area contributed by atoms with Crippen molar-refractivity contribution in [3.8, 4) is 0 Å². The highest BCUT2D eigenvalue weighted by atomic mass is 35.6. The van der Waals surface area contributed by atoms with Crippen LogP contribution >= 0.6 is 34.8 Å². The Morgan fingerprint density at radius 1 is 1.25 bits per heavy atom. The molecule has 0 aliphatic carbocycles. The quantitative estimate of drug-likeness (QED) is 0.785. The van der Waals surface area contributed by atoms with E-state index in [0.717, 1.165) is 24.3 Å². The third kappa shape index (κ3) is 4.02. The van der Waals surface area contributed by atoms with Gasteiger partial charge in [0.1, 0.15) is 6.61 Å². The molecule has 1 aromatic heterocycles. The van der Waals surface area contributed by atoms with E-state index in [1.807, 2.05) is 13.0 Å². The molecule has 1 N–H and O–H groups in total. The normalized spacial score (nSPS) is 15.8. The van der Waals surface area contributed by atoms with Gasteiger partial charge in [0.25, 0.3) is 0 Å². The van der Waals surface area contributed by atoms with Gasteiger partial charge in [0.15, 0.2) is 0 Å². The minimum Gasteiger partial charge on any atom is -0.445 e. The fourth-order valence-electron chi connectivity index (χ4n) is 2.92. The van der Waals surface area contributed by atoms with Crippen LogP contribution in [0, 0.1) is 6.92 Å². The second-order valence-corrected chi connectivity index (χ2v) is 8.35. The molecule has 0 atom stereocenters. The molecule has 1 saturated heterocycles. The van der Waals surface area contributed by atoms with Gasteiger partial charge in [0.2, 0.25) is 3.79 Å². The van der Waals surface area contributed by atoms with Gasteiger partial charge in [0.05, 0.1) is 0 Å². The van der Waals surface area contributed by atoms with Crippen LogP contribution in [0.15, 0.2) is 24.3 Å². The molecule has 1 fully saturated rings. The molecule has 130 valence electrons. The number of benzene rings is 1. The zero-order valence-corrected chi connectivity index (χ0v) is 15.5. The van der Waals surface area contributed by atoms with E-state index >= 15 is 0 Å². The Morgan fingerprint density at radius 3 is 2.62 bits per heavy atom. The van der Waals surface area contributed by atoms with Crippen molar-refractivity contribution in [3.63, 3.8) is 0 Å². The molecule has 1 aromatic carbocycles. The number of carbonyl (C=O) groups is 1. The summed E-state index contributed by atoms with van der Waals surface area (Å²) in [5.74, 6) is 0. The number of aromatic amines is 1. The zero-order chi connectivity index (χ0) is 17.3. The molecular weight excluding hydrogens is 373 g/mol. The largest absolute Gasteiger partial charge is 0.445 e. The number of alkyl halides is 3. The number of aromatic nitrogens is 1. The van der Waals surface area contributed by atoms with Gasteiger partial charge in [-0.25, -0.2) is 4.79 Å². The summed E-state index contributed by atoms with van der Waals surface area (Å²) < 4.78 is 3.44. The average Bonchev–Trinajstić information content (AvgIpc) is 2.92. The maximum atomic E-state index is 12.0. The van der Waals surface area contributed by atoms with Crippen molar-refractivity contribution in [1.29, 1.82) is 0 Å². The van der Waals surface area contributed by atoms with Crippen molar-refractivity contribution in [2.24, 2.45) is 0 Å². The summed E-state index contributed by atoms with van der Waals surface area (Å²) in [7, 11) is 0. The van der Waals surface area contributed by atoms with Crippen LogP contribution < -0.4 is 4.90 Å². The van der Waals surface area contributed by atoms with E-state index in [-0.39, 0.29) is 6.61 Å². The molecule has 1 aliphatic rings. The van der Waals surface area contributed by atoms with Crippen molar-refractivity contribution in [2.75, 3.05) is 37.7 Å². The average molecular weight is 391 g/mol. The molecule has 2 heterocycles. The number of aryl methyl sites for hydroxylation is 1. The van der Waals surface area contributed by atoms with E-state index in [1.165, 1.54) is 11.1 Å². The maximum Gasteiger partial charge on any atom is 0.410 e. The van der Waals surface area contributed by atoms with Gasteiger partial charge < -0.3 is 19.5 Å². The zero-order valence-electron chi connectivity index (χ0n) is 13.2. The number of rotatable bonds is 2. The molecule has 3 rings (SSSR count). The van der Waals surface area contributed by atoms with Crippen LogP contribution in [0.1, 0.15) is 5.69 Å². The van der Waals surface area contributed by atoms with E-state index in [1.54, 1.807) is 4.90 Å². The van der Waals surface area contributed by atoms with Crippen molar-refractivity contribution in [1.82, 2.24) is 9.88 Å². The van der Waals surface area contributed by atoms with E-state index in [4.69, 9.17) is 39.5 Å². The molecule has 0 saturated carbocycles. The number of ether oxygens (including phenoxy) is 1. The third-order valence-corrected chi connectivity index (χ3v) is 4.34. The molecular formula is C16H18Cl3N3O2. The first-order valence-electron chi connectivity index (χ1n) is 7.65. The Balaban J connectivity index is 1.63. The Labute approximate surface area is 155 Å². The maximum absolute atomic E-state index is 12.0. The number of amides is 1. The number of fused-ring (bicyclic) bond motifs is 1. The first kappa shape index (κ1) is 17.5. The lowest BCUT2D eigenvalue weighted by Crippen LogP contribution is -2.49. The van der Waals surface area contributed by atoms with Crippen LogP contribution in [0.3, 0.4) is 0 Å². The third-order valence-electron chi connectivity index (χ3n) is 4.01. The number of nitrogens with one attached hydrogen (secondary N) is 1. The summed E-state index contributed by atoms with van der Waals surface area (Å²) >= 11 is 16.8.